The molecule has 0 saturated heterocycles. The molecule has 0 bridgehead atoms. The van der Waals surface area contributed by atoms with Crippen LogP contribution in [0.25, 0.3) is 22.3 Å². The number of carbonyl (C=O) groups excluding carboxylic acids is 5. The highest BCUT2D eigenvalue weighted by atomic mass is 79.9. The Hall–Kier alpha value is -8.94. The summed E-state index contributed by atoms with van der Waals surface area (Å²) in [5.41, 5.74) is 9.29. The van der Waals surface area contributed by atoms with Crippen molar-refractivity contribution in [2.75, 3.05) is 30.2 Å². The molecule has 0 fully saturated rings. The summed E-state index contributed by atoms with van der Waals surface area (Å²) >= 11 is 3.31. The molecule has 8 rings (SSSR count). The Morgan fingerprint density at radius 2 is 0.704 bits per heavy atom. The first-order chi connectivity index (χ1) is 34.2. The maximum absolute atomic E-state index is 12.5. The minimum atomic E-state index is -1.08. The van der Waals surface area contributed by atoms with Crippen molar-refractivity contribution in [3.05, 3.63) is 243 Å². The zero-order valence-electron chi connectivity index (χ0n) is 39.1. The monoisotopic (exact) mass is 1010 g/mol. The second kappa shape index (κ2) is 24.9. The topological polar surface area (TPSA) is 177 Å². The molecule has 12 nitrogen and oxygen atoms in total. The van der Waals surface area contributed by atoms with Gasteiger partial charge < -0.3 is 30.5 Å². The highest BCUT2D eigenvalue weighted by molar-refractivity contribution is 9.10. The Balaban J connectivity index is 0.000000176. The maximum atomic E-state index is 12.5. The number of methoxy groups -OCH3 is 2. The van der Waals surface area contributed by atoms with Gasteiger partial charge in [0, 0.05) is 21.2 Å². The zero-order chi connectivity index (χ0) is 50.9. The van der Waals surface area contributed by atoms with Crippen molar-refractivity contribution in [3.63, 3.8) is 0 Å². The summed E-state index contributed by atoms with van der Waals surface area (Å²) in [6.07, 6.45) is 0. The number of halogens is 1. The third kappa shape index (κ3) is 14.3. The van der Waals surface area contributed by atoms with E-state index in [0.29, 0.717) is 39.2 Å². The van der Waals surface area contributed by atoms with Gasteiger partial charge in [-0.05, 0) is 115 Å². The van der Waals surface area contributed by atoms with E-state index in [4.69, 9.17) is 9.47 Å². The molecular formula is C58H48BrN3O9. The van der Waals surface area contributed by atoms with Gasteiger partial charge in [0.1, 0.15) is 0 Å². The third-order valence-corrected chi connectivity index (χ3v) is 11.2. The van der Waals surface area contributed by atoms with Crippen molar-refractivity contribution in [1.82, 2.24) is 0 Å². The highest BCUT2D eigenvalue weighted by Gasteiger charge is 2.18. The van der Waals surface area contributed by atoms with E-state index in [2.05, 4.69) is 31.9 Å². The molecular weight excluding hydrogens is 963 g/mol. The Bertz CT molecular complexity index is 3170. The minimum absolute atomic E-state index is 0.0557. The summed E-state index contributed by atoms with van der Waals surface area (Å²) < 4.78 is 10.3. The Labute approximate surface area is 419 Å². The Kier molecular flexibility index (Phi) is 18.0. The molecule has 0 spiro atoms. The van der Waals surface area contributed by atoms with E-state index in [1.807, 2.05) is 86.6 Å². The second-order valence-electron chi connectivity index (χ2n) is 15.7. The van der Waals surface area contributed by atoms with Crippen LogP contribution in [0.2, 0.25) is 0 Å². The first kappa shape index (κ1) is 51.5. The van der Waals surface area contributed by atoms with Crippen LogP contribution in [0, 0.1) is 13.8 Å². The van der Waals surface area contributed by atoms with Gasteiger partial charge in [0.25, 0.3) is 17.7 Å². The highest BCUT2D eigenvalue weighted by Crippen LogP contribution is 2.29. The number of anilines is 3. The molecule has 71 heavy (non-hydrogen) atoms. The zero-order valence-corrected chi connectivity index (χ0v) is 40.7. The number of carboxylic acids is 1. The number of nitrogens with one attached hydrogen (secondary N) is 3. The number of benzene rings is 8. The van der Waals surface area contributed by atoms with Gasteiger partial charge in [-0.25, -0.2) is 14.4 Å². The molecule has 4 N–H and O–H groups in total. The number of ether oxygens (including phenoxy) is 2. The van der Waals surface area contributed by atoms with Crippen LogP contribution in [0.5, 0.6) is 0 Å². The van der Waals surface area contributed by atoms with E-state index in [0.717, 1.165) is 37.9 Å². The molecule has 0 unspecified atom stereocenters. The lowest BCUT2D eigenvalue weighted by Gasteiger charge is -2.12. The standard InChI is InChI=1S/C22H19NO3.C21H17NO3.C15H12BrNO3/c1-15-8-10-16(11-9-15)18-12-13-19(22(25)26-2)20(14-18)23-21(24)17-6-4-3-5-7-17;1-14-7-9-15(10-8-14)17-11-12-18(21(24)25)19(13-17)22-20(23)16-5-3-2-4-6-16;1-20-15(19)12-8-7-11(16)9-13(12)17-14(18)10-5-3-2-4-6-10/h3-14H,1-2H3,(H,23,24);2-13H,1H3,(H,22,23)(H,24,25);2-9H,1H3,(H,17,18). The van der Waals surface area contributed by atoms with Crippen molar-refractivity contribution in [3.8, 4) is 22.3 Å². The van der Waals surface area contributed by atoms with Crippen molar-refractivity contribution < 1.29 is 43.3 Å². The summed E-state index contributed by atoms with van der Waals surface area (Å²) in [5.74, 6) is -2.99. The maximum Gasteiger partial charge on any atom is 0.339 e. The van der Waals surface area contributed by atoms with E-state index in [-0.39, 0.29) is 29.0 Å². The van der Waals surface area contributed by atoms with Gasteiger partial charge in [0.2, 0.25) is 0 Å². The number of carboxylic acid groups (broad SMARTS) is 1. The van der Waals surface area contributed by atoms with Crippen molar-refractivity contribution >= 4 is 68.6 Å². The third-order valence-electron chi connectivity index (χ3n) is 10.7. The number of hydrogen-bond donors (Lipinski definition) is 4. The molecule has 0 aliphatic heterocycles. The van der Waals surface area contributed by atoms with Gasteiger partial charge >= 0.3 is 17.9 Å². The number of hydrogen-bond acceptors (Lipinski definition) is 8. The lowest BCUT2D eigenvalue weighted by atomic mass is 10.0. The van der Waals surface area contributed by atoms with Gasteiger partial charge in [0.15, 0.2) is 0 Å². The predicted octanol–water partition coefficient (Wildman–Crippen LogP) is 12.8. The Morgan fingerprint density at radius 3 is 1.06 bits per heavy atom. The number of aryl methyl sites for hydroxylation is 2. The summed E-state index contributed by atoms with van der Waals surface area (Å²) in [7, 11) is 2.62. The van der Waals surface area contributed by atoms with Crippen LogP contribution in [-0.4, -0.2) is 55.0 Å². The van der Waals surface area contributed by atoms with Gasteiger partial charge in [-0.1, -0.05) is 142 Å². The fourth-order valence-corrected chi connectivity index (χ4v) is 7.24. The largest absolute Gasteiger partial charge is 0.478 e. The first-order valence-electron chi connectivity index (χ1n) is 22.0. The van der Waals surface area contributed by atoms with Crippen molar-refractivity contribution in [1.29, 1.82) is 0 Å². The quantitative estimate of drug-likeness (QED) is 0.0918. The average Bonchev–Trinajstić information content (AvgIpc) is 3.39. The van der Waals surface area contributed by atoms with Crippen LogP contribution < -0.4 is 16.0 Å². The van der Waals surface area contributed by atoms with E-state index >= 15 is 0 Å². The van der Waals surface area contributed by atoms with E-state index in [1.54, 1.807) is 115 Å². The van der Waals surface area contributed by atoms with Crippen LogP contribution in [0.1, 0.15) is 73.3 Å². The van der Waals surface area contributed by atoms with Crippen LogP contribution in [0.3, 0.4) is 0 Å². The predicted molar refractivity (Wildman–Crippen MR) is 280 cm³/mol. The summed E-state index contributed by atoms with van der Waals surface area (Å²) in [5, 5.41) is 17.6. The minimum Gasteiger partial charge on any atom is -0.478 e. The molecule has 8 aromatic rings. The number of amides is 3. The molecule has 3 amide bonds. The molecule has 0 atom stereocenters. The molecule has 0 saturated carbocycles. The fourth-order valence-electron chi connectivity index (χ4n) is 6.88. The molecule has 0 aliphatic rings. The normalized spacial score (nSPS) is 10.2. The first-order valence-corrected chi connectivity index (χ1v) is 22.7. The summed E-state index contributed by atoms with van der Waals surface area (Å²) in [4.78, 5) is 72.2. The second-order valence-corrected chi connectivity index (χ2v) is 16.6. The number of esters is 2. The van der Waals surface area contributed by atoms with Crippen LogP contribution in [0.4, 0.5) is 17.1 Å². The SMILES string of the molecule is COC(=O)c1ccc(-c2ccc(C)cc2)cc1NC(=O)c1ccccc1.COC(=O)c1ccc(Br)cc1NC(=O)c1ccccc1.Cc1ccc(-c2ccc(C(=O)O)c(NC(=O)c3ccccc3)c2)cc1. The lowest BCUT2D eigenvalue weighted by Crippen LogP contribution is -2.15. The van der Waals surface area contributed by atoms with E-state index in [9.17, 15) is 33.9 Å². The summed E-state index contributed by atoms with van der Waals surface area (Å²) in [6.45, 7) is 4.03. The lowest BCUT2D eigenvalue weighted by molar-refractivity contribution is 0.0592. The molecule has 0 heterocycles. The molecule has 0 radical (unpaired) electrons. The smallest absolute Gasteiger partial charge is 0.339 e. The van der Waals surface area contributed by atoms with Crippen LogP contribution >= 0.6 is 15.9 Å². The van der Waals surface area contributed by atoms with E-state index < -0.39 is 17.9 Å². The van der Waals surface area contributed by atoms with Gasteiger partial charge in [-0.3, -0.25) is 14.4 Å². The van der Waals surface area contributed by atoms with Crippen molar-refractivity contribution in [2.24, 2.45) is 0 Å². The average molecular weight is 1010 g/mol. The van der Waals surface area contributed by atoms with Crippen LogP contribution in [0.15, 0.2) is 199 Å². The van der Waals surface area contributed by atoms with Gasteiger partial charge in [-0.15, -0.1) is 0 Å². The van der Waals surface area contributed by atoms with Gasteiger partial charge in [-0.2, -0.15) is 0 Å². The molecule has 0 aromatic heterocycles. The fraction of sp³-hybridized carbons (Fsp3) is 0.0690. The van der Waals surface area contributed by atoms with Crippen LogP contribution in [-0.2, 0) is 9.47 Å². The molecule has 8 aromatic carbocycles. The molecule has 0 aliphatic carbocycles. The molecule has 13 heteroatoms. The Morgan fingerprint density at radius 1 is 0.394 bits per heavy atom. The van der Waals surface area contributed by atoms with Crippen molar-refractivity contribution in [2.45, 2.75) is 13.8 Å². The van der Waals surface area contributed by atoms with E-state index in [1.165, 1.54) is 20.3 Å². The molecule has 356 valence electrons. The van der Waals surface area contributed by atoms with Gasteiger partial charge in [0.05, 0.1) is 48.0 Å². The number of carbonyl (C=O) groups is 6. The number of rotatable bonds is 11. The summed E-state index contributed by atoms with van der Waals surface area (Å²) in [6, 6.07) is 57.5. The number of aromatic carboxylic acids is 1.